The molecule has 0 N–H and O–H groups in total. The average molecular weight is 272 g/mol. The van der Waals surface area contributed by atoms with Crippen LogP contribution in [-0.2, 0) is 0 Å². The van der Waals surface area contributed by atoms with Crippen molar-refractivity contribution in [3.05, 3.63) is 47.9 Å². The van der Waals surface area contributed by atoms with E-state index in [0.717, 1.165) is 16.5 Å². The minimum absolute atomic E-state index is 0.416. The Balaban J connectivity index is 2.29. The molecule has 0 aliphatic heterocycles. The van der Waals surface area contributed by atoms with Gasteiger partial charge in [-0.15, -0.1) is 0 Å². The number of hydrogen-bond donors (Lipinski definition) is 0. The average Bonchev–Trinajstić information content (AvgIpc) is 2.46. The van der Waals surface area contributed by atoms with Crippen LogP contribution in [0.25, 0.3) is 22.2 Å². The van der Waals surface area contributed by atoms with E-state index in [2.05, 4.69) is 15.0 Å². The fraction of sp³-hybridized carbons (Fsp3) is 0.0714. The molecular weight excluding hydrogens is 262 g/mol. The molecule has 5 heteroatoms. The molecule has 0 unspecified atom stereocenters. The number of aromatic nitrogens is 3. The first kappa shape index (κ1) is 11.9. The number of hydrogen-bond acceptors (Lipinski definition) is 4. The summed E-state index contributed by atoms with van der Waals surface area (Å²) < 4.78 is 5.22. The van der Waals surface area contributed by atoms with Gasteiger partial charge in [-0.2, -0.15) is 0 Å². The molecule has 0 spiro atoms. The fourth-order valence-corrected chi connectivity index (χ4v) is 2.17. The van der Waals surface area contributed by atoms with Crippen molar-refractivity contribution in [2.45, 2.75) is 0 Å². The monoisotopic (exact) mass is 271 g/mol. The van der Waals surface area contributed by atoms with Gasteiger partial charge in [-0.25, -0.2) is 15.0 Å². The summed E-state index contributed by atoms with van der Waals surface area (Å²) in [7, 11) is 1.57. The molecule has 0 aliphatic rings. The van der Waals surface area contributed by atoms with E-state index in [-0.39, 0.29) is 0 Å². The Hall–Kier alpha value is -2.20. The van der Waals surface area contributed by atoms with Crippen LogP contribution in [0.5, 0.6) is 5.88 Å². The van der Waals surface area contributed by atoms with Gasteiger partial charge >= 0.3 is 0 Å². The number of halogens is 1. The van der Waals surface area contributed by atoms with Crippen LogP contribution >= 0.6 is 11.6 Å². The third-order valence-corrected chi connectivity index (χ3v) is 3.11. The van der Waals surface area contributed by atoms with Crippen molar-refractivity contribution in [2.75, 3.05) is 7.11 Å². The van der Waals surface area contributed by atoms with E-state index in [1.165, 1.54) is 6.33 Å². The Bertz CT molecular complexity index is 731. The van der Waals surface area contributed by atoms with Crippen molar-refractivity contribution in [2.24, 2.45) is 0 Å². The highest BCUT2D eigenvalue weighted by Gasteiger charge is 2.11. The first-order valence-electron chi connectivity index (χ1n) is 5.70. The van der Waals surface area contributed by atoms with Crippen LogP contribution in [0.2, 0.25) is 5.15 Å². The quantitative estimate of drug-likeness (QED) is 0.671. The lowest BCUT2D eigenvalue weighted by atomic mass is 10.1. The number of benzene rings is 1. The third kappa shape index (κ3) is 2.11. The van der Waals surface area contributed by atoms with E-state index < -0.39 is 0 Å². The normalized spacial score (nSPS) is 10.6. The van der Waals surface area contributed by atoms with Gasteiger partial charge in [0.05, 0.1) is 12.5 Å². The number of rotatable bonds is 2. The topological polar surface area (TPSA) is 47.9 Å². The molecule has 0 radical (unpaired) electrons. The molecule has 2 heterocycles. The van der Waals surface area contributed by atoms with E-state index in [9.17, 15) is 0 Å². The van der Waals surface area contributed by atoms with Crippen molar-refractivity contribution in [3.8, 4) is 17.0 Å². The van der Waals surface area contributed by atoms with E-state index in [4.69, 9.17) is 16.3 Å². The van der Waals surface area contributed by atoms with Crippen LogP contribution in [0.1, 0.15) is 0 Å². The summed E-state index contributed by atoms with van der Waals surface area (Å²) in [6.45, 7) is 0. The van der Waals surface area contributed by atoms with Crippen LogP contribution in [0, 0.1) is 0 Å². The molecule has 0 saturated heterocycles. The Labute approximate surface area is 115 Å². The molecule has 3 rings (SSSR count). The number of nitrogens with zero attached hydrogens (tertiary/aromatic N) is 3. The summed E-state index contributed by atoms with van der Waals surface area (Å²) in [5.41, 5.74) is 2.35. The van der Waals surface area contributed by atoms with Gasteiger partial charge in [-0.3, -0.25) is 0 Å². The Kier molecular flexibility index (Phi) is 3.01. The molecule has 19 heavy (non-hydrogen) atoms. The lowest BCUT2D eigenvalue weighted by Crippen LogP contribution is -1.94. The van der Waals surface area contributed by atoms with Crippen LogP contribution in [0.15, 0.2) is 42.7 Å². The summed E-state index contributed by atoms with van der Waals surface area (Å²) in [6, 6.07) is 11.7. The van der Waals surface area contributed by atoms with Gasteiger partial charge in [-0.1, -0.05) is 41.9 Å². The predicted octanol–water partition coefficient (Wildman–Crippen LogP) is 3.35. The number of pyridine rings is 1. The molecule has 1 aromatic carbocycles. The zero-order valence-corrected chi connectivity index (χ0v) is 10.9. The largest absolute Gasteiger partial charge is 0.480 e. The van der Waals surface area contributed by atoms with E-state index >= 15 is 0 Å². The molecule has 0 atom stereocenters. The van der Waals surface area contributed by atoms with Crippen molar-refractivity contribution in [1.29, 1.82) is 0 Å². The van der Waals surface area contributed by atoms with E-state index in [0.29, 0.717) is 16.7 Å². The Morgan fingerprint density at radius 3 is 2.63 bits per heavy atom. The SMILES string of the molecule is COc1ncnc2nc(Cl)c(-c3ccccc3)cc12. The van der Waals surface area contributed by atoms with Crippen molar-refractivity contribution < 1.29 is 4.74 Å². The molecule has 0 bridgehead atoms. The molecule has 0 fully saturated rings. The molecule has 3 aromatic rings. The molecule has 0 amide bonds. The van der Waals surface area contributed by atoms with Crippen molar-refractivity contribution in [3.63, 3.8) is 0 Å². The maximum atomic E-state index is 6.22. The zero-order chi connectivity index (χ0) is 13.2. The van der Waals surface area contributed by atoms with Crippen LogP contribution in [0.3, 0.4) is 0 Å². The van der Waals surface area contributed by atoms with Gasteiger partial charge in [0.1, 0.15) is 11.5 Å². The van der Waals surface area contributed by atoms with Gasteiger partial charge in [-0.05, 0) is 11.6 Å². The van der Waals surface area contributed by atoms with Crippen LogP contribution in [-0.4, -0.2) is 22.1 Å². The van der Waals surface area contributed by atoms with Gasteiger partial charge < -0.3 is 4.74 Å². The molecule has 0 saturated carbocycles. The highest BCUT2D eigenvalue weighted by molar-refractivity contribution is 6.32. The second-order valence-electron chi connectivity index (χ2n) is 3.95. The highest BCUT2D eigenvalue weighted by atomic mass is 35.5. The summed E-state index contributed by atoms with van der Waals surface area (Å²) in [6.07, 6.45) is 1.41. The number of ether oxygens (including phenoxy) is 1. The zero-order valence-electron chi connectivity index (χ0n) is 10.2. The Morgan fingerprint density at radius 2 is 1.89 bits per heavy atom. The number of fused-ring (bicyclic) bond motifs is 1. The molecule has 2 aromatic heterocycles. The van der Waals surface area contributed by atoms with Gasteiger partial charge in [0.25, 0.3) is 0 Å². The third-order valence-electron chi connectivity index (χ3n) is 2.82. The maximum absolute atomic E-state index is 6.22. The van der Waals surface area contributed by atoms with Crippen LogP contribution in [0.4, 0.5) is 0 Å². The van der Waals surface area contributed by atoms with Gasteiger partial charge in [0.15, 0.2) is 5.65 Å². The summed E-state index contributed by atoms with van der Waals surface area (Å²) in [5.74, 6) is 0.492. The van der Waals surface area contributed by atoms with E-state index in [1.807, 2.05) is 36.4 Å². The Morgan fingerprint density at radius 1 is 1.11 bits per heavy atom. The summed E-state index contributed by atoms with van der Waals surface area (Å²) >= 11 is 6.22. The molecule has 0 aliphatic carbocycles. The minimum Gasteiger partial charge on any atom is -0.480 e. The maximum Gasteiger partial charge on any atom is 0.225 e. The second-order valence-corrected chi connectivity index (χ2v) is 4.30. The first-order chi connectivity index (χ1) is 9.29. The van der Waals surface area contributed by atoms with Gasteiger partial charge in [0.2, 0.25) is 5.88 Å². The molecule has 4 nitrogen and oxygen atoms in total. The first-order valence-corrected chi connectivity index (χ1v) is 6.08. The summed E-state index contributed by atoms with van der Waals surface area (Å²) in [4.78, 5) is 12.5. The van der Waals surface area contributed by atoms with Crippen molar-refractivity contribution in [1.82, 2.24) is 15.0 Å². The lowest BCUT2D eigenvalue weighted by Gasteiger charge is -2.07. The smallest absolute Gasteiger partial charge is 0.225 e. The lowest BCUT2D eigenvalue weighted by molar-refractivity contribution is 0.402. The second kappa shape index (κ2) is 4.82. The summed E-state index contributed by atoms with van der Waals surface area (Å²) in [5, 5.41) is 1.16. The molecule has 94 valence electrons. The van der Waals surface area contributed by atoms with Crippen LogP contribution < -0.4 is 4.74 Å². The van der Waals surface area contributed by atoms with E-state index in [1.54, 1.807) is 7.11 Å². The standard InChI is InChI=1S/C14H10ClN3O/c1-19-14-11-7-10(9-5-3-2-4-6-9)12(15)18-13(11)16-8-17-14/h2-8H,1H3. The van der Waals surface area contributed by atoms with Crippen molar-refractivity contribution >= 4 is 22.6 Å². The minimum atomic E-state index is 0.416. The fourth-order valence-electron chi connectivity index (χ4n) is 1.93. The highest BCUT2D eigenvalue weighted by Crippen LogP contribution is 2.31. The molecular formula is C14H10ClN3O. The van der Waals surface area contributed by atoms with Gasteiger partial charge in [0, 0.05) is 5.56 Å². The number of methoxy groups -OCH3 is 1. The predicted molar refractivity (Wildman–Crippen MR) is 74.3 cm³/mol.